The van der Waals surface area contributed by atoms with Gasteiger partial charge in [0.2, 0.25) is 0 Å². The summed E-state index contributed by atoms with van der Waals surface area (Å²) in [6.45, 7) is 5.22. The normalized spacial score (nSPS) is 12.5. The Kier molecular flexibility index (Phi) is 5.82. The molecule has 0 amide bonds. The summed E-state index contributed by atoms with van der Waals surface area (Å²) in [6, 6.07) is 11.0. The van der Waals surface area contributed by atoms with Crippen LogP contribution >= 0.6 is 23.1 Å². The molecule has 1 N–H and O–H groups in total. The van der Waals surface area contributed by atoms with Gasteiger partial charge in [0.25, 0.3) is 0 Å². The van der Waals surface area contributed by atoms with Crippen molar-refractivity contribution < 1.29 is 0 Å². The maximum Gasteiger partial charge on any atom is 0.174 e. The summed E-state index contributed by atoms with van der Waals surface area (Å²) in [4.78, 5) is 0. The molecular weight excluding hydrogens is 274 g/mol. The fourth-order valence-corrected chi connectivity index (χ4v) is 3.70. The molecular formula is C14H19N3S2. The van der Waals surface area contributed by atoms with Crippen molar-refractivity contribution in [2.24, 2.45) is 0 Å². The summed E-state index contributed by atoms with van der Waals surface area (Å²) in [6.07, 6.45) is 1.14. The Morgan fingerprint density at radius 1 is 1.26 bits per heavy atom. The monoisotopic (exact) mass is 293 g/mol. The Labute approximate surface area is 122 Å². The van der Waals surface area contributed by atoms with Crippen molar-refractivity contribution in [2.75, 3.05) is 12.3 Å². The van der Waals surface area contributed by atoms with Crippen molar-refractivity contribution in [2.45, 2.75) is 30.6 Å². The first-order valence-corrected chi connectivity index (χ1v) is 8.31. The third-order valence-electron chi connectivity index (χ3n) is 2.72. The highest BCUT2D eigenvalue weighted by molar-refractivity contribution is 8.01. The number of benzene rings is 1. The molecule has 2 rings (SSSR count). The van der Waals surface area contributed by atoms with Crippen LogP contribution in [0.5, 0.6) is 0 Å². The second kappa shape index (κ2) is 7.62. The number of nitrogens with one attached hydrogen (secondary N) is 1. The molecule has 0 fully saturated rings. The van der Waals surface area contributed by atoms with E-state index in [1.807, 2.05) is 6.92 Å². The third kappa shape index (κ3) is 4.60. The maximum absolute atomic E-state index is 4.17. The van der Waals surface area contributed by atoms with E-state index in [2.05, 4.69) is 52.8 Å². The highest BCUT2D eigenvalue weighted by Crippen LogP contribution is 2.26. The Morgan fingerprint density at radius 2 is 2.05 bits per heavy atom. The van der Waals surface area contributed by atoms with Gasteiger partial charge in [-0.25, -0.2) is 0 Å². The molecule has 0 spiro atoms. The lowest BCUT2D eigenvalue weighted by molar-refractivity contribution is 0.577. The number of aromatic nitrogens is 2. The number of rotatable bonds is 7. The summed E-state index contributed by atoms with van der Waals surface area (Å²) in [5.74, 6) is 0.985. The van der Waals surface area contributed by atoms with Gasteiger partial charge in [0.05, 0.1) is 0 Å². The fraction of sp³-hybridized carbons (Fsp3) is 0.429. The standard InChI is InChI=1S/C14H19N3S2/c1-3-9-15-13(12-7-5-4-6-8-12)10-18-14-17-16-11(2)19-14/h4-8,13,15H,3,9-10H2,1-2H3. The highest BCUT2D eigenvalue weighted by atomic mass is 32.2. The van der Waals surface area contributed by atoms with Gasteiger partial charge in [0, 0.05) is 11.8 Å². The lowest BCUT2D eigenvalue weighted by Crippen LogP contribution is -2.24. The molecule has 0 aliphatic carbocycles. The predicted octanol–water partition coefficient (Wildman–Crippen LogP) is 3.68. The average Bonchev–Trinajstić information content (AvgIpc) is 2.86. The largest absolute Gasteiger partial charge is 0.309 e. The van der Waals surface area contributed by atoms with Crippen molar-refractivity contribution in [3.8, 4) is 0 Å². The van der Waals surface area contributed by atoms with E-state index in [9.17, 15) is 0 Å². The SMILES string of the molecule is CCCNC(CSc1nnc(C)s1)c1ccccc1. The minimum atomic E-state index is 0.371. The van der Waals surface area contributed by atoms with Gasteiger partial charge in [-0.3, -0.25) is 0 Å². The number of hydrogen-bond donors (Lipinski definition) is 1. The van der Waals surface area contributed by atoms with Crippen LogP contribution in [0.25, 0.3) is 0 Å². The summed E-state index contributed by atoms with van der Waals surface area (Å²) < 4.78 is 1.05. The molecule has 5 heteroatoms. The first-order chi connectivity index (χ1) is 9.29. The van der Waals surface area contributed by atoms with Crippen molar-refractivity contribution in [3.05, 3.63) is 40.9 Å². The first kappa shape index (κ1) is 14.5. The number of nitrogens with zero attached hydrogens (tertiary/aromatic N) is 2. The Balaban J connectivity index is 1.97. The maximum atomic E-state index is 4.17. The molecule has 0 saturated carbocycles. The lowest BCUT2D eigenvalue weighted by atomic mass is 10.1. The zero-order valence-electron chi connectivity index (χ0n) is 11.3. The van der Waals surface area contributed by atoms with Crippen LogP contribution in [0.4, 0.5) is 0 Å². The lowest BCUT2D eigenvalue weighted by Gasteiger charge is -2.17. The molecule has 102 valence electrons. The predicted molar refractivity (Wildman–Crippen MR) is 82.8 cm³/mol. The van der Waals surface area contributed by atoms with Gasteiger partial charge in [-0.15, -0.1) is 10.2 Å². The highest BCUT2D eigenvalue weighted by Gasteiger charge is 2.12. The van der Waals surface area contributed by atoms with Crippen LogP contribution in [0.1, 0.15) is 30.0 Å². The summed E-state index contributed by atoms with van der Waals surface area (Å²) in [5.41, 5.74) is 1.34. The van der Waals surface area contributed by atoms with Crippen LogP contribution in [0.15, 0.2) is 34.7 Å². The molecule has 0 aliphatic rings. The average molecular weight is 293 g/mol. The summed E-state index contributed by atoms with van der Waals surface area (Å²) in [5, 5.41) is 12.8. The molecule has 1 heterocycles. The van der Waals surface area contributed by atoms with Crippen molar-refractivity contribution >= 4 is 23.1 Å². The minimum absolute atomic E-state index is 0.371. The van der Waals surface area contributed by atoms with Crippen molar-refractivity contribution in [1.82, 2.24) is 15.5 Å². The quantitative estimate of drug-likeness (QED) is 0.790. The molecule has 3 nitrogen and oxygen atoms in total. The van der Waals surface area contributed by atoms with Crippen LogP contribution in [-0.2, 0) is 0 Å². The molecule has 1 unspecified atom stereocenters. The Hall–Kier alpha value is -0.910. The van der Waals surface area contributed by atoms with E-state index in [4.69, 9.17) is 0 Å². The second-order valence-corrected chi connectivity index (χ2v) is 6.76. The molecule has 1 atom stereocenters. The first-order valence-electron chi connectivity index (χ1n) is 6.51. The van der Waals surface area contributed by atoms with E-state index < -0.39 is 0 Å². The van der Waals surface area contributed by atoms with E-state index in [1.165, 1.54) is 5.56 Å². The summed E-state index contributed by atoms with van der Waals surface area (Å²) in [7, 11) is 0. The third-order valence-corrected chi connectivity index (χ3v) is 4.79. The van der Waals surface area contributed by atoms with Gasteiger partial charge in [-0.2, -0.15) is 0 Å². The number of aryl methyl sites for hydroxylation is 1. The molecule has 0 saturated heterocycles. The topological polar surface area (TPSA) is 37.8 Å². The zero-order valence-corrected chi connectivity index (χ0v) is 12.9. The molecule has 2 aromatic rings. The molecule has 1 aromatic carbocycles. The van der Waals surface area contributed by atoms with Gasteiger partial charge in [0.1, 0.15) is 5.01 Å². The van der Waals surface area contributed by atoms with E-state index in [0.717, 1.165) is 28.1 Å². The molecule has 0 bridgehead atoms. The van der Waals surface area contributed by atoms with Gasteiger partial charge >= 0.3 is 0 Å². The van der Waals surface area contributed by atoms with E-state index in [-0.39, 0.29) is 0 Å². The Bertz CT molecular complexity index is 484. The van der Waals surface area contributed by atoms with Gasteiger partial charge < -0.3 is 5.32 Å². The molecule has 19 heavy (non-hydrogen) atoms. The van der Waals surface area contributed by atoms with Crippen LogP contribution in [0, 0.1) is 6.92 Å². The van der Waals surface area contributed by atoms with E-state index in [1.54, 1.807) is 23.1 Å². The Morgan fingerprint density at radius 3 is 2.68 bits per heavy atom. The summed E-state index contributed by atoms with van der Waals surface area (Å²) >= 11 is 3.44. The van der Waals surface area contributed by atoms with Crippen LogP contribution in [0.2, 0.25) is 0 Å². The van der Waals surface area contributed by atoms with Gasteiger partial charge in [0.15, 0.2) is 4.34 Å². The smallest absolute Gasteiger partial charge is 0.174 e. The van der Waals surface area contributed by atoms with Crippen LogP contribution in [0.3, 0.4) is 0 Å². The fourth-order valence-electron chi connectivity index (χ4n) is 1.77. The molecule has 0 aliphatic heterocycles. The molecule has 1 aromatic heterocycles. The second-order valence-electron chi connectivity index (χ2n) is 4.32. The van der Waals surface area contributed by atoms with E-state index >= 15 is 0 Å². The zero-order chi connectivity index (χ0) is 13.5. The van der Waals surface area contributed by atoms with Gasteiger partial charge in [-0.1, -0.05) is 60.4 Å². The minimum Gasteiger partial charge on any atom is -0.309 e. The van der Waals surface area contributed by atoms with E-state index in [0.29, 0.717) is 6.04 Å². The van der Waals surface area contributed by atoms with Crippen molar-refractivity contribution in [1.29, 1.82) is 0 Å². The number of thioether (sulfide) groups is 1. The van der Waals surface area contributed by atoms with Crippen LogP contribution < -0.4 is 5.32 Å². The molecule has 0 radical (unpaired) electrons. The van der Waals surface area contributed by atoms with Gasteiger partial charge in [-0.05, 0) is 25.5 Å². The number of hydrogen-bond acceptors (Lipinski definition) is 5. The van der Waals surface area contributed by atoms with Crippen LogP contribution in [-0.4, -0.2) is 22.5 Å². The van der Waals surface area contributed by atoms with Crippen molar-refractivity contribution in [3.63, 3.8) is 0 Å².